The van der Waals surface area contributed by atoms with Crippen LogP contribution in [-0.2, 0) is 9.53 Å². The molecule has 0 amide bonds. The average Bonchev–Trinajstić information content (AvgIpc) is 3.25. The normalized spacial score (nSPS) is 24.1. The van der Waals surface area contributed by atoms with Crippen molar-refractivity contribution >= 4 is 5.97 Å². The van der Waals surface area contributed by atoms with Gasteiger partial charge >= 0.3 is 5.97 Å². The average molecular weight is 268 g/mol. The Morgan fingerprint density at radius 1 is 1.10 bits per heavy atom. The van der Waals surface area contributed by atoms with Gasteiger partial charge in [-0.3, -0.25) is 4.79 Å². The maximum absolute atomic E-state index is 12.1. The van der Waals surface area contributed by atoms with Gasteiger partial charge in [-0.25, -0.2) is 9.97 Å². The minimum atomic E-state index is -0.129. The van der Waals surface area contributed by atoms with E-state index in [2.05, 4.69) is 22.1 Å². The van der Waals surface area contributed by atoms with Crippen molar-refractivity contribution < 1.29 is 9.53 Å². The van der Waals surface area contributed by atoms with Crippen LogP contribution >= 0.6 is 0 Å². The van der Waals surface area contributed by atoms with Gasteiger partial charge in [0.05, 0.1) is 12.5 Å². The second-order valence-electron chi connectivity index (χ2n) is 4.91. The summed E-state index contributed by atoms with van der Waals surface area (Å²) in [6.45, 7) is 2.24. The lowest BCUT2D eigenvalue weighted by atomic mass is 10.1. The van der Waals surface area contributed by atoms with Gasteiger partial charge in [0.1, 0.15) is 6.33 Å². The van der Waals surface area contributed by atoms with Crippen LogP contribution in [0.1, 0.15) is 29.9 Å². The first-order valence-electron chi connectivity index (χ1n) is 6.79. The smallest absolute Gasteiger partial charge is 0.310 e. The minimum Gasteiger partial charge on any atom is -0.466 e. The molecule has 3 rings (SSSR count). The number of carbonyl (C=O) groups excluding carboxylic acids is 1. The summed E-state index contributed by atoms with van der Waals surface area (Å²) in [7, 11) is 0. The molecule has 102 valence electrons. The molecule has 1 aliphatic carbocycles. The predicted octanol–water partition coefficient (Wildman–Crippen LogP) is 2.54. The zero-order chi connectivity index (χ0) is 13.9. The number of rotatable bonds is 4. The fourth-order valence-corrected chi connectivity index (χ4v) is 2.83. The highest BCUT2D eigenvalue weighted by atomic mass is 16.5. The molecule has 1 saturated carbocycles. The van der Waals surface area contributed by atoms with Gasteiger partial charge in [-0.05, 0) is 18.1 Å². The van der Waals surface area contributed by atoms with Crippen LogP contribution in [0.2, 0.25) is 0 Å². The van der Waals surface area contributed by atoms with Crippen LogP contribution in [0.25, 0.3) is 0 Å². The van der Waals surface area contributed by atoms with Gasteiger partial charge in [0.25, 0.3) is 0 Å². The molecule has 0 saturated heterocycles. The molecule has 0 radical (unpaired) electrons. The quantitative estimate of drug-likeness (QED) is 0.800. The van der Waals surface area contributed by atoms with Gasteiger partial charge < -0.3 is 4.74 Å². The number of hydrogen-bond donors (Lipinski definition) is 0. The maximum Gasteiger partial charge on any atom is 0.310 e. The number of aromatic nitrogens is 2. The van der Waals surface area contributed by atoms with E-state index in [-0.39, 0.29) is 23.7 Å². The van der Waals surface area contributed by atoms with Crippen LogP contribution in [0.15, 0.2) is 49.1 Å². The highest BCUT2D eigenvalue weighted by Gasteiger charge is 2.57. The highest BCUT2D eigenvalue weighted by molar-refractivity contribution is 5.80. The first kappa shape index (κ1) is 12.8. The van der Waals surface area contributed by atoms with E-state index in [1.54, 1.807) is 12.4 Å². The second-order valence-corrected chi connectivity index (χ2v) is 4.91. The van der Waals surface area contributed by atoms with Crippen molar-refractivity contribution in [3.05, 3.63) is 60.2 Å². The number of nitrogens with zero attached hydrogens (tertiary/aromatic N) is 2. The molecule has 0 unspecified atom stereocenters. The molecule has 4 heteroatoms. The molecule has 3 atom stereocenters. The summed E-state index contributed by atoms with van der Waals surface area (Å²) in [6.07, 6.45) is 5.07. The SMILES string of the molecule is CCOC(=O)[C@@H]1[C@H](c2ccccc2)[C@H]1c1cncnc1. The van der Waals surface area contributed by atoms with Crippen molar-refractivity contribution in [2.24, 2.45) is 5.92 Å². The number of carbonyl (C=O) groups is 1. The lowest BCUT2D eigenvalue weighted by Crippen LogP contribution is -2.08. The van der Waals surface area contributed by atoms with Gasteiger partial charge in [-0.15, -0.1) is 0 Å². The highest BCUT2D eigenvalue weighted by Crippen LogP contribution is 2.60. The summed E-state index contributed by atoms with van der Waals surface area (Å²) in [5.41, 5.74) is 2.17. The van der Waals surface area contributed by atoms with E-state index in [9.17, 15) is 4.79 Å². The van der Waals surface area contributed by atoms with E-state index in [0.29, 0.717) is 6.61 Å². The summed E-state index contributed by atoms with van der Waals surface area (Å²) >= 11 is 0. The van der Waals surface area contributed by atoms with Gasteiger partial charge in [0.15, 0.2) is 0 Å². The summed E-state index contributed by atoms with van der Waals surface area (Å²) < 4.78 is 5.19. The molecule has 4 nitrogen and oxygen atoms in total. The number of benzene rings is 1. The van der Waals surface area contributed by atoms with Crippen LogP contribution < -0.4 is 0 Å². The molecule has 0 bridgehead atoms. The van der Waals surface area contributed by atoms with Gasteiger partial charge in [0, 0.05) is 24.2 Å². The van der Waals surface area contributed by atoms with E-state index in [0.717, 1.165) is 5.56 Å². The molecule has 1 aromatic heterocycles. The summed E-state index contributed by atoms with van der Waals surface area (Å²) in [5, 5.41) is 0. The first-order valence-corrected chi connectivity index (χ1v) is 6.79. The Labute approximate surface area is 117 Å². The Kier molecular flexibility index (Phi) is 3.46. The molecule has 1 aromatic carbocycles. The van der Waals surface area contributed by atoms with E-state index in [4.69, 9.17) is 4.74 Å². The third-order valence-electron chi connectivity index (χ3n) is 3.73. The molecular formula is C16H16N2O2. The van der Waals surface area contributed by atoms with Crippen molar-refractivity contribution in [1.82, 2.24) is 9.97 Å². The zero-order valence-corrected chi connectivity index (χ0v) is 11.3. The van der Waals surface area contributed by atoms with E-state index in [1.807, 2.05) is 25.1 Å². The number of ether oxygens (including phenoxy) is 1. The summed E-state index contributed by atoms with van der Waals surface area (Å²) in [5.74, 6) is 0.0393. The third-order valence-corrected chi connectivity index (χ3v) is 3.73. The molecule has 1 aliphatic rings. The van der Waals surface area contributed by atoms with Crippen LogP contribution in [0.4, 0.5) is 0 Å². The largest absolute Gasteiger partial charge is 0.466 e. The Balaban J connectivity index is 1.89. The molecule has 1 fully saturated rings. The molecule has 0 aliphatic heterocycles. The van der Waals surface area contributed by atoms with Crippen LogP contribution in [0.5, 0.6) is 0 Å². The van der Waals surface area contributed by atoms with Gasteiger partial charge in [0.2, 0.25) is 0 Å². The lowest BCUT2D eigenvalue weighted by molar-refractivity contribution is -0.144. The Bertz CT molecular complexity index is 540. The predicted molar refractivity (Wildman–Crippen MR) is 74.1 cm³/mol. The van der Waals surface area contributed by atoms with E-state index in [1.165, 1.54) is 11.9 Å². The van der Waals surface area contributed by atoms with Crippen molar-refractivity contribution in [2.75, 3.05) is 6.61 Å². The van der Waals surface area contributed by atoms with Crippen molar-refractivity contribution in [3.63, 3.8) is 0 Å². The Hall–Kier alpha value is -2.23. The van der Waals surface area contributed by atoms with Crippen LogP contribution in [-0.4, -0.2) is 22.5 Å². The monoisotopic (exact) mass is 268 g/mol. The molecule has 0 spiro atoms. The molecule has 2 aromatic rings. The zero-order valence-electron chi connectivity index (χ0n) is 11.3. The van der Waals surface area contributed by atoms with Crippen LogP contribution in [0.3, 0.4) is 0 Å². The molecule has 20 heavy (non-hydrogen) atoms. The molecule has 0 N–H and O–H groups in total. The standard InChI is InChI=1S/C16H16N2O2/c1-2-20-16(19)15-13(11-6-4-3-5-7-11)14(15)12-8-17-10-18-9-12/h3-10,13-15H,2H2,1H3/t13-,14-,15-/m1/s1. The maximum atomic E-state index is 12.1. The fraction of sp³-hybridized carbons (Fsp3) is 0.312. The first-order chi connectivity index (χ1) is 9.83. The Morgan fingerprint density at radius 3 is 2.40 bits per heavy atom. The lowest BCUT2D eigenvalue weighted by Gasteiger charge is -2.00. The van der Waals surface area contributed by atoms with Crippen molar-refractivity contribution in [3.8, 4) is 0 Å². The topological polar surface area (TPSA) is 52.1 Å². The molecule has 1 heterocycles. The Morgan fingerprint density at radius 2 is 1.75 bits per heavy atom. The fourth-order valence-electron chi connectivity index (χ4n) is 2.83. The second kappa shape index (κ2) is 5.41. The minimum absolute atomic E-state index is 0.122. The third kappa shape index (κ3) is 2.29. The number of esters is 1. The van der Waals surface area contributed by atoms with Crippen molar-refractivity contribution in [1.29, 1.82) is 0 Å². The van der Waals surface area contributed by atoms with Gasteiger partial charge in [-0.2, -0.15) is 0 Å². The van der Waals surface area contributed by atoms with Gasteiger partial charge in [-0.1, -0.05) is 30.3 Å². The van der Waals surface area contributed by atoms with E-state index < -0.39 is 0 Å². The molecular weight excluding hydrogens is 252 g/mol. The summed E-state index contributed by atoms with van der Waals surface area (Å²) in [4.78, 5) is 20.2. The van der Waals surface area contributed by atoms with E-state index >= 15 is 0 Å². The number of hydrogen-bond acceptors (Lipinski definition) is 4. The summed E-state index contributed by atoms with van der Waals surface area (Å²) in [6, 6.07) is 10.1. The van der Waals surface area contributed by atoms with Crippen molar-refractivity contribution in [2.45, 2.75) is 18.8 Å². The van der Waals surface area contributed by atoms with Crippen LogP contribution in [0, 0.1) is 5.92 Å².